The number of hydrogen-bond donors (Lipinski definition) is 2. The molecule has 0 bridgehead atoms. The molecule has 1 rings (SSSR count). The minimum Gasteiger partial charge on any atom is -0.506 e. The normalized spacial score (nSPS) is 11.4. The molecular weight excluding hydrogens is 202 g/mol. The SMILES string of the molecule is C/C(=C/Cl)COc1cccc(O)c1N. The molecular formula is C10H12ClNO2. The van der Waals surface area contributed by atoms with Crippen molar-refractivity contribution in [3.63, 3.8) is 0 Å². The fourth-order valence-corrected chi connectivity index (χ4v) is 0.944. The van der Waals surface area contributed by atoms with Gasteiger partial charge in [-0.3, -0.25) is 0 Å². The van der Waals surface area contributed by atoms with Gasteiger partial charge in [0.25, 0.3) is 0 Å². The minimum absolute atomic E-state index is 0.0232. The summed E-state index contributed by atoms with van der Waals surface area (Å²) in [7, 11) is 0. The minimum atomic E-state index is 0.0232. The van der Waals surface area contributed by atoms with Gasteiger partial charge in [0.2, 0.25) is 0 Å². The number of rotatable bonds is 3. The fourth-order valence-electron chi connectivity index (χ4n) is 0.881. The molecule has 0 fully saturated rings. The van der Waals surface area contributed by atoms with E-state index < -0.39 is 0 Å². The summed E-state index contributed by atoms with van der Waals surface area (Å²) in [5, 5.41) is 9.28. The van der Waals surface area contributed by atoms with Crippen LogP contribution >= 0.6 is 11.6 Å². The van der Waals surface area contributed by atoms with Gasteiger partial charge in [-0.15, -0.1) is 0 Å². The highest BCUT2D eigenvalue weighted by Gasteiger charge is 2.04. The fraction of sp³-hybridized carbons (Fsp3) is 0.200. The molecule has 0 aliphatic carbocycles. The second kappa shape index (κ2) is 4.77. The summed E-state index contributed by atoms with van der Waals surface area (Å²) in [5.41, 5.74) is 8.16. The zero-order valence-electron chi connectivity index (χ0n) is 7.83. The van der Waals surface area contributed by atoms with Crippen LogP contribution in [0.2, 0.25) is 0 Å². The van der Waals surface area contributed by atoms with Crippen molar-refractivity contribution in [2.24, 2.45) is 0 Å². The highest BCUT2D eigenvalue weighted by Crippen LogP contribution is 2.30. The number of hydrogen-bond acceptors (Lipinski definition) is 3. The van der Waals surface area contributed by atoms with Crippen molar-refractivity contribution in [1.29, 1.82) is 0 Å². The Balaban J connectivity index is 2.73. The third-order valence-electron chi connectivity index (χ3n) is 1.68. The van der Waals surface area contributed by atoms with E-state index >= 15 is 0 Å². The molecule has 0 radical (unpaired) electrons. The summed E-state index contributed by atoms with van der Waals surface area (Å²) in [4.78, 5) is 0. The zero-order chi connectivity index (χ0) is 10.6. The number of phenols is 1. The van der Waals surface area contributed by atoms with Crippen molar-refractivity contribution in [3.05, 3.63) is 29.3 Å². The van der Waals surface area contributed by atoms with Crippen molar-refractivity contribution >= 4 is 17.3 Å². The van der Waals surface area contributed by atoms with Crippen LogP contribution in [0.25, 0.3) is 0 Å². The van der Waals surface area contributed by atoms with E-state index in [0.717, 1.165) is 5.57 Å². The quantitative estimate of drug-likeness (QED) is 0.599. The summed E-state index contributed by atoms with van der Waals surface area (Å²) in [6, 6.07) is 4.86. The molecule has 4 heteroatoms. The van der Waals surface area contributed by atoms with Gasteiger partial charge in [-0.25, -0.2) is 0 Å². The number of anilines is 1. The van der Waals surface area contributed by atoms with Crippen molar-refractivity contribution < 1.29 is 9.84 Å². The van der Waals surface area contributed by atoms with Gasteiger partial charge in [-0.1, -0.05) is 17.7 Å². The van der Waals surface area contributed by atoms with E-state index in [0.29, 0.717) is 12.4 Å². The first-order valence-electron chi connectivity index (χ1n) is 4.11. The van der Waals surface area contributed by atoms with E-state index in [9.17, 15) is 5.11 Å². The van der Waals surface area contributed by atoms with Crippen LogP contribution < -0.4 is 10.5 Å². The third-order valence-corrected chi connectivity index (χ3v) is 2.06. The second-order valence-electron chi connectivity index (χ2n) is 2.93. The first-order valence-corrected chi connectivity index (χ1v) is 4.55. The van der Waals surface area contributed by atoms with Gasteiger partial charge in [0.1, 0.15) is 23.8 Å². The molecule has 0 heterocycles. The standard InChI is InChI=1S/C10H12ClNO2/c1-7(5-11)6-14-9-4-2-3-8(13)10(9)12/h2-5,13H,6,12H2,1H3/b7-5-. The van der Waals surface area contributed by atoms with Gasteiger partial charge in [0.05, 0.1) is 0 Å². The molecule has 76 valence electrons. The molecule has 0 amide bonds. The molecule has 1 aromatic carbocycles. The van der Waals surface area contributed by atoms with Gasteiger partial charge in [0.15, 0.2) is 0 Å². The topological polar surface area (TPSA) is 55.5 Å². The molecule has 0 saturated heterocycles. The van der Waals surface area contributed by atoms with Crippen LogP contribution in [-0.4, -0.2) is 11.7 Å². The lowest BCUT2D eigenvalue weighted by Gasteiger charge is -2.09. The van der Waals surface area contributed by atoms with E-state index in [1.165, 1.54) is 11.6 Å². The Morgan fingerprint density at radius 2 is 2.36 bits per heavy atom. The van der Waals surface area contributed by atoms with Crippen molar-refractivity contribution in [2.45, 2.75) is 6.92 Å². The van der Waals surface area contributed by atoms with Gasteiger partial charge < -0.3 is 15.6 Å². The molecule has 3 N–H and O–H groups in total. The molecule has 0 spiro atoms. The maximum absolute atomic E-state index is 9.28. The monoisotopic (exact) mass is 213 g/mol. The Morgan fingerprint density at radius 1 is 1.64 bits per heavy atom. The second-order valence-corrected chi connectivity index (χ2v) is 3.15. The number of nitrogens with two attached hydrogens (primary N) is 1. The molecule has 3 nitrogen and oxygen atoms in total. The van der Waals surface area contributed by atoms with Crippen LogP contribution in [-0.2, 0) is 0 Å². The Kier molecular flexibility index (Phi) is 3.65. The number of phenolic OH excluding ortho intramolecular Hbond substituents is 1. The predicted octanol–water partition coefficient (Wildman–Crippen LogP) is 2.50. The highest BCUT2D eigenvalue weighted by atomic mass is 35.5. The molecule has 0 aromatic heterocycles. The van der Waals surface area contributed by atoms with E-state index in [1.54, 1.807) is 12.1 Å². The summed E-state index contributed by atoms with van der Waals surface area (Å²) in [5.74, 6) is 0.484. The lowest BCUT2D eigenvalue weighted by molar-refractivity contribution is 0.352. The molecule has 0 aliphatic rings. The third kappa shape index (κ3) is 2.57. The molecule has 0 aliphatic heterocycles. The maximum Gasteiger partial charge on any atom is 0.146 e. The summed E-state index contributed by atoms with van der Waals surface area (Å²) in [6.45, 7) is 2.20. The average molecular weight is 214 g/mol. The van der Waals surface area contributed by atoms with Gasteiger partial charge in [-0.05, 0) is 24.6 Å². The highest BCUT2D eigenvalue weighted by molar-refractivity contribution is 6.25. The number of nitrogen functional groups attached to an aromatic ring is 1. The zero-order valence-corrected chi connectivity index (χ0v) is 8.58. The van der Waals surface area contributed by atoms with Gasteiger partial charge in [-0.2, -0.15) is 0 Å². The Morgan fingerprint density at radius 3 is 3.00 bits per heavy atom. The molecule has 0 unspecified atom stereocenters. The Bertz CT molecular complexity index is 350. The molecule has 14 heavy (non-hydrogen) atoms. The number of ether oxygens (including phenoxy) is 1. The first-order chi connectivity index (χ1) is 6.65. The van der Waals surface area contributed by atoms with Crippen molar-refractivity contribution in [1.82, 2.24) is 0 Å². The first kappa shape index (κ1) is 10.7. The van der Waals surface area contributed by atoms with Crippen LogP contribution in [0.1, 0.15) is 6.92 Å². The predicted molar refractivity (Wildman–Crippen MR) is 57.6 cm³/mol. The summed E-state index contributed by atoms with van der Waals surface area (Å²) >= 11 is 5.47. The van der Waals surface area contributed by atoms with E-state index in [1.807, 2.05) is 6.92 Å². The van der Waals surface area contributed by atoms with Crippen LogP contribution in [0.3, 0.4) is 0 Å². The van der Waals surface area contributed by atoms with Crippen LogP contribution in [0, 0.1) is 0 Å². The lowest BCUT2D eigenvalue weighted by atomic mass is 10.3. The molecule has 0 atom stereocenters. The number of para-hydroxylation sites is 1. The molecule has 0 saturated carbocycles. The average Bonchev–Trinajstić information content (AvgIpc) is 2.20. The number of aromatic hydroxyl groups is 1. The van der Waals surface area contributed by atoms with Crippen LogP contribution in [0.15, 0.2) is 29.3 Å². The lowest BCUT2D eigenvalue weighted by Crippen LogP contribution is -2.01. The summed E-state index contributed by atoms with van der Waals surface area (Å²) < 4.78 is 5.33. The van der Waals surface area contributed by atoms with Gasteiger partial charge >= 0.3 is 0 Å². The van der Waals surface area contributed by atoms with E-state index in [4.69, 9.17) is 22.1 Å². The van der Waals surface area contributed by atoms with E-state index in [2.05, 4.69) is 0 Å². The van der Waals surface area contributed by atoms with Crippen molar-refractivity contribution in [3.8, 4) is 11.5 Å². The Labute approximate surface area is 87.8 Å². The van der Waals surface area contributed by atoms with E-state index in [-0.39, 0.29) is 11.4 Å². The largest absolute Gasteiger partial charge is 0.506 e. The summed E-state index contributed by atoms with van der Waals surface area (Å²) in [6.07, 6.45) is 0. The Hall–Kier alpha value is -1.35. The maximum atomic E-state index is 9.28. The van der Waals surface area contributed by atoms with Crippen LogP contribution in [0.5, 0.6) is 11.5 Å². The van der Waals surface area contributed by atoms with Crippen molar-refractivity contribution in [2.75, 3.05) is 12.3 Å². The number of halogens is 1. The smallest absolute Gasteiger partial charge is 0.146 e. The van der Waals surface area contributed by atoms with Crippen LogP contribution in [0.4, 0.5) is 5.69 Å². The number of benzene rings is 1. The molecule has 1 aromatic rings. The van der Waals surface area contributed by atoms with Gasteiger partial charge in [0, 0.05) is 5.54 Å².